The molecule has 0 spiro atoms. The highest BCUT2D eigenvalue weighted by Crippen LogP contribution is 2.25. The molecule has 0 unspecified atom stereocenters. The van der Waals surface area contributed by atoms with Crippen molar-refractivity contribution in [3.63, 3.8) is 0 Å². The molecule has 0 radical (unpaired) electrons. The number of nitrogens with one attached hydrogen (secondary N) is 4. The van der Waals surface area contributed by atoms with Gasteiger partial charge in [0.1, 0.15) is 45.7 Å². The van der Waals surface area contributed by atoms with E-state index in [1.165, 1.54) is 72.8 Å². The van der Waals surface area contributed by atoms with E-state index in [-0.39, 0.29) is 42.8 Å². The molecule has 0 aliphatic heterocycles. The fourth-order valence-electron chi connectivity index (χ4n) is 5.86. The van der Waals surface area contributed by atoms with Gasteiger partial charge in [0.05, 0.1) is 31.0 Å². The molecule has 5 aromatic carbocycles. The van der Waals surface area contributed by atoms with E-state index in [2.05, 4.69) is 21.3 Å². The number of hydrogen-bond acceptors (Lipinski definition) is 10. The summed E-state index contributed by atoms with van der Waals surface area (Å²) >= 11 is 12.7. The van der Waals surface area contributed by atoms with Crippen LogP contribution in [0.25, 0.3) is 0 Å². The lowest BCUT2D eigenvalue weighted by atomic mass is 10.1. The summed E-state index contributed by atoms with van der Waals surface area (Å²) in [5, 5.41) is 11.4. The van der Waals surface area contributed by atoms with Crippen molar-refractivity contribution in [3.05, 3.63) is 202 Å². The average molecular weight is 998 g/mol. The number of amides is 4. The molecular weight excluding hydrogens is 956 g/mol. The number of nitrogens with zero attached hydrogens (tertiary/aromatic N) is 2. The Morgan fingerprint density at radius 2 is 0.779 bits per heavy atom. The van der Waals surface area contributed by atoms with Crippen LogP contribution < -0.4 is 30.4 Å². The third-order valence-corrected chi connectivity index (χ3v) is 11.7. The van der Waals surface area contributed by atoms with Gasteiger partial charge in [-0.1, -0.05) is 58.6 Å². The van der Waals surface area contributed by atoms with Crippen molar-refractivity contribution in [1.29, 1.82) is 0 Å². The molecule has 0 saturated carbocycles. The summed E-state index contributed by atoms with van der Waals surface area (Å²) in [6.45, 7) is 3.64. The van der Waals surface area contributed by atoms with E-state index in [4.69, 9.17) is 23.2 Å². The van der Waals surface area contributed by atoms with Crippen LogP contribution in [0.4, 0.5) is 22.7 Å². The maximum atomic E-state index is 12.9. The Hall–Kier alpha value is -7.32. The van der Waals surface area contributed by atoms with Gasteiger partial charge in [0, 0.05) is 34.6 Å². The third-order valence-electron chi connectivity index (χ3n) is 9.37. The van der Waals surface area contributed by atoms with Crippen LogP contribution in [0.1, 0.15) is 52.6 Å². The molecule has 20 heteroatoms. The smallest absolute Gasteiger partial charge is 0.257 e. The summed E-state index contributed by atoms with van der Waals surface area (Å²) in [5.74, 6) is -1.63. The van der Waals surface area contributed by atoms with E-state index in [0.717, 1.165) is 11.1 Å². The molecule has 0 aliphatic carbocycles. The number of carbonyl (C=O) groups excluding carboxylic acids is 4. The van der Waals surface area contributed by atoms with Crippen molar-refractivity contribution in [2.45, 2.75) is 23.6 Å². The summed E-state index contributed by atoms with van der Waals surface area (Å²) in [6, 6.07) is 33.9. The zero-order chi connectivity index (χ0) is 49.8. The van der Waals surface area contributed by atoms with Gasteiger partial charge in [-0.15, -0.1) is 0 Å². The van der Waals surface area contributed by atoms with Crippen LogP contribution in [0.15, 0.2) is 168 Å². The Bertz CT molecular complexity index is 3000. The number of rotatable bonds is 10. The van der Waals surface area contributed by atoms with Crippen LogP contribution in [-0.4, -0.2) is 49.6 Å². The van der Waals surface area contributed by atoms with E-state index in [9.17, 15) is 45.1 Å². The van der Waals surface area contributed by atoms with Crippen molar-refractivity contribution in [1.82, 2.24) is 0 Å². The predicted molar refractivity (Wildman–Crippen MR) is 255 cm³/mol. The molecule has 7 aromatic rings. The topological polar surface area (TPSA) is 239 Å². The van der Waals surface area contributed by atoms with Gasteiger partial charge in [0.25, 0.3) is 23.6 Å². The Kier molecular flexibility index (Phi) is 17.4. The van der Waals surface area contributed by atoms with Crippen LogP contribution in [0, 0.1) is 13.8 Å². The molecule has 0 atom stereocenters. The van der Waals surface area contributed by atoms with Crippen LogP contribution in [0.5, 0.6) is 0 Å². The first-order valence-corrected chi connectivity index (χ1v) is 23.5. The average Bonchev–Trinajstić information content (AvgIpc) is 3.26. The van der Waals surface area contributed by atoms with Crippen LogP contribution >= 0.6 is 23.2 Å². The van der Waals surface area contributed by atoms with Crippen molar-refractivity contribution in [3.8, 4) is 0 Å². The van der Waals surface area contributed by atoms with Crippen LogP contribution in [0.3, 0.4) is 0 Å². The summed E-state index contributed by atoms with van der Waals surface area (Å²) in [5.41, 5.74) is 4.98. The lowest BCUT2D eigenvalue weighted by molar-refractivity contribution is -0.670. The third kappa shape index (κ3) is 15.4. The van der Waals surface area contributed by atoms with Gasteiger partial charge in [-0.05, 0) is 111 Å². The number of pyridine rings is 2. The molecule has 0 fully saturated rings. The standard InChI is InChI=1S/C34H26Cl2N6O4.2C7H8O3S/c1-41-15-3-5-25(19-41)39-33(45)27-13-11-23(17-29(27)35)37-31(43)21-7-9-22(10-8-21)32(44)38-24-12-14-28(30(36)18-24)34(46)40-26-6-4-16-42(2)20-26;2*1-6-2-4-7(5-3-6)11(8,9)10/h3-20H,1-2H3,(H2-2,37,38,39,40,43,44,45,46);2*2-5H,1H3,(H,8,9,10). The second kappa shape index (κ2) is 22.9. The molecule has 0 bridgehead atoms. The number of anilines is 4. The van der Waals surface area contributed by atoms with E-state index in [1.54, 1.807) is 82.2 Å². The number of halogens is 2. The largest absolute Gasteiger partial charge is 0.744 e. The Labute approximate surface area is 402 Å². The zero-order valence-electron chi connectivity index (χ0n) is 36.6. The second-order valence-electron chi connectivity index (χ2n) is 14.8. The number of aromatic nitrogens is 2. The number of carbonyl (C=O) groups is 4. The van der Waals surface area contributed by atoms with Gasteiger partial charge in [0.15, 0.2) is 24.8 Å². The van der Waals surface area contributed by atoms with Gasteiger partial charge in [-0.25, -0.2) is 26.0 Å². The summed E-state index contributed by atoms with van der Waals surface area (Å²) in [6.07, 6.45) is 7.21. The molecule has 0 saturated heterocycles. The predicted octanol–water partition coefficient (Wildman–Crippen LogP) is 7.45. The Morgan fingerprint density at radius 1 is 0.456 bits per heavy atom. The number of benzene rings is 5. The van der Waals surface area contributed by atoms with Gasteiger partial charge in [-0.3, -0.25) is 19.2 Å². The fraction of sp³-hybridized carbons (Fsp3) is 0.0833. The van der Waals surface area contributed by atoms with Crippen LogP contribution in [0.2, 0.25) is 10.0 Å². The maximum absolute atomic E-state index is 12.9. The molecule has 2 heterocycles. The van der Waals surface area contributed by atoms with Crippen molar-refractivity contribution in [2.75, 3.05) is 21.3 Å². The minimum Gasteiger partial charge on any atom is -0.744 e. The highest BCUT2D eigenvalue weighted by Gasteiger charge is 2.17. The first-order chi connectivity index (χ1) is 32.0. The van der Waals surface area contributed by atoms with E-state index in [1.807, 2.05) is 40.3 Å². The molecule has 4 N–H and O–H groups in total. The first-order valence-electron chi connectivity index (χ1n) is 20.0. The first kappa shape index (κ1) is 51.7. The minimum absolute atomic E-state index is 0.168. The van der Waals surface area contributed by atoms with Gasteiger partial charge in [-0.2, -0.15) is 0 Å². The second-order valence-corrected chi connectivity index (χ2v) is 18.4. The monoisotopic (exact) mass is 996 g/mol. The molecule has 68 heavy (non-hydrogen) atoms. The van der Waals surface area contributed by atoms with E-state index in [0.29, 0.717) is 33.9 Å². The summed E-state index contributed by atoms with van der Waals surface area (Å²) < 4.78 is 65.9. The van der Waals surface area contributed by atoms with Crippen molar-refractivity contribution in [2.24, 2.45) is 14.1 Å². The highest BCUT2D eigenvalue weighted by molar-refractivity contribution is 7.86. The van der Waals surface area contributed by atoms with Gasteiger partial charge >= 0.3 is 0 Å². The van der Waals surface area contributed by atoms with Gasteiger partial charge < -0.3 is 30.4 Å². The van der Waals surface area contributed by atoms with Gasteiger partial charge in [0.2, 0.25) is 0 Å². The summed E-state index contributed by atoms with van der Waals surface area (Å²) in [7, 11) is -4.85. The molecule has 2 aromatic heterocycles. The fourth-order valence-corrected chi connectivity index (χ4v) is 7.34. The molecular formula is C48H42Cl2N6O10S2. The normalized spacial score (nSPS) is 10.8. The lowest BCUT2D eigenvalue weighted by Crippen LogP contribution is -2.27. The Morgan fingerprint density at radius 3 is 1.07 bits per heavy atom. The van der Waals surface area contributed by atoms with E-state index < -0.39 is 32.1 Å². The van der Waals surface area contributed by atoms with Crippen molar-refractivity contribution < 1.29 is 54.3 Å². The van der Waals surface area contributed by atoms with Crippen molar-refractivity contribution >= 4 is 89.8 Å². The molecule has 0 aliphatic rings. The molecule has 4 amide bonds. The van der Waals surface area contributed by atoms with E-state index >= 15 is 0 Å². The van der Waals surface area contributed by atoms with Crippen LogP contribution in [-0.2, 0) is 34.3 Å². The Balaban J connectivity index is 0.000000319. The quantitative estimate of drug-likeness (QED) is 0.0780. The highest BCUT2D eigenvalue weighted by atomic mass is 35.5. The maximum Gasteiger partial charge on any atom is 0.257 e. The SMILES string of the molecule is C[n+]1cccc(NC(=O)c2ccc(NC(=O)c3ccc(C(=O)Nc4ccc(C(=O)Nc5ccc[n+](C)c5)c(Cl)c4)cc3)cc2Cl)c1.Cc1ccc(S(=O)(=O)[O-])cc1.Cc1ccc(S(=O)(=O)[O-])cc1. The minimum atomic E-state index is -4.27. The number of aryl methyl sites for hydroxylation is 4. The summed E-state index contributed by atoms with van der Waals surface area (Å²) in [4.78, 5) is 50.7. The zero-order valence-corrected chi connectivity index (χ0v) is 39.7. The lowest BCUT2D eigenvalue weighted by Gasteiger charge is -2.10. The molecule has 7 rings (SSSR count). The molecule has 350 valence electrons. The number of hydrogen-bond donors (Lipinski definition) is 4. The molecule has 16 nitrogen and oxygen atoms in total.